The summed E-state index contributed by atoms with van der Waals surface area (Å²) in [6, 6.07) is 3.98. The van der Waals surface area contributed by atoms with Crippen molar-refractivity contribution >= 4 is 0 Å². The van der Waals surface area contributed by atoms with Crippen molar-refractivity contribution in [1.29, 1.82) is 0 Å². The van der Waals surface area contributed by atoms with Gasteiger partial charge < -0.3 is 10.5 Å². The summed E-state index contributed by atoms with van der Waals surface area (Å²) < 4.78 is 5.09. The van der Waals surface area contributed by atoms with Crippen molar-refractivity contribution in [2.45, 2.75) is 25.7 Å². The molecule has 0 saturated heterocycles. The van der Waals surface area contributed by atoms with Gasteiger partial charge in [0.2, 0.25) is 5.88 Å². The van der Waals surface area contributed by atoms with Crippen LogP contribution in [0.5, 0.6) is 5.88 Å². The molecule has 0 fully saturated rings. The monoisotopic (exact) mass is 194 g/mol. The number of ether oxygens (including phenoxy) is 1. The van der Waals surface area contributed by atoms with E-state index in [-0.39, 0.29) is 5.41 Å². The SMILES string of the molecule is COc1cc(C(C)(C)CCN)ccn1. The zero-order valence-electron chi connectivity index (χ0n) is 9.08. The van der Waals surface area contributed by atoms with Crippen LogP contribution >= 0.6 is 0 Å². The highest BCUT2D eigenvalue weighted by Gasteiger charge is 2.19. The summed E-state index contributed by atoms with van der Waals surface area (Å²) in [6.45, 7) is 5.04. The Morgan fingerprint density at radius 3 is 2.79 bits per heavy atom. The van der Waals surface area contributed by atoms with Crippen molar-refractivity contribution < 1.29 is 4.74 Å². The Morgan fingerprint density at radius 1 is 1.50 bits per heavy atom. The van der Waals surface area contributed by atoms with Crippen molar-refractivity contribution in [3.05, 3.63) is 23.9 Å². The van der Waals surface area contributed by atoms with Crippen molar-refractivity contribution in [1.82, 2.24) is 4.98 Å². The van der Waals surface area contributed by atoms with Gasteiger partial charge in [-0.05, 0) is 30.0 Å². The van der Waals surface area contributed by atoms with Gasteiger partial charge in [0.25, 0.3) is 0 Å². The predicted octanol–water partition coefficient (Wildman–Crippen LogP) is 1.72. The van der Waals surface area contributed by atoms with E-state index in [1.807, 2.05) is 12.1 Å². The molecule has 0 amide bonds. The molecular weight excluding hydrogens is 176 g/mol. The number of hydrogen-bond acceptors (Lipinski definition) is 3. The summed E-state index contributed by atoms with van der Waals surface area (Å²) in [4.78, 5) is 4.08. The number of pyridine rings is 1. The van der Waals surface area contributed by atoms with Crippen LogP contribution < -0.4 is 10.5 Å². The van der Waals surface area contributed by atoms with E-state index < -0.39 is 0 Å². The lowest BCUT2D eigenvalue weighted by molar-refractivity contribution is 0.394. The minimum absolute atomic E-state index is 0.0883. The fourth-order valence-electron chi connectivity index (χ4n) is 1.45. The summed E-state index contributed by atoms with van der Waals surface area (Å²) in [5.41, 5.74) is 6.88. The third-order valence-electron chi connectivity index (χ3n) is 2.49. The molecule has 78 valence electrons. The molecule has 0 aliphatic rings. The van der Waals surface area contributed by atoms with Gasteiger partial charge in [0.15, 0.2) is 0 Å². The lowest BCUT2D eigenvalue weighted by Gasteiger charge is -2.24. The number of hydrogen-bond donors (Lipinski definition) is 1. The zero-order chi connectivity index (χ0) is 10.6. The molecule has 1 rings (SSSR count). The summed E-state index contributed by atoms with van der Waals surface area (Å²) in [5, 5.41) is 0. The van der Waals surface area contributed by atoms with E-state index in [2.05, 4.69) is 18.8 Å². The molecule has 1 heterocycles. The van der Waals surface area contributed by atoms with Crippen molar-refractivity contribution in [2.75, 3.05) is 13.7 Å². The average molecular weight is 194 g/mol. The van der Waals surface area contributed by atoms with Crippen molar-refractivity contribution in [3.8, 4) is 5.88 Å². The van der Waals surface area contributed by atoms with Crippen LogP contribution in [0.4, 0.5) is 0 Å². The van der Waals surface area contributed by atoms with E-state index >= 15 is 0 Å². The molecule has 0 bridgehead atoms. The Labute approximate surface area is 85.3 Å². The summed E-state index contributed by atoms with van der Waals surface area (Å²) in [5.74, 6) is 0.660. The number of methoxy groups -OCH3 is 1. The van der Waals surface area contributed by atoms with Gasteiger partial charge in [0.1, 0.15) is 0 Å². The number of nitrogens with zero attached hydrogens (tertiary/aromatic N) is 1. The van der Waals surface area contributed by atoms with Gasteiger partial charge in [-0.2, -0.15) is 0 Å². The van der Waals surface area contributed by atoms with Gasteiger partial charge >= 0.3 is 0 Å². The molecule has 0 radical (unpaired) electrons. The molecule has 0 spiro atoms. The number of rotatable bonds is 4. The fraction of sp³-hybridized carbons (Fsp3) is 0.545. The molecule has 3 heteroatoms. The summed E-state index contributed by atoms with van der Waals surface area (Å²) >= 11 is 0. The van der Waals surface area contributed by atoms with Crippen LogP contribution in [0.25, 0.3) is 0 Å². The second-order valence-corrected chi connectivity index (χ2v) is 4.01. The first-order chi connectivity index (χ1) is 6.60. The van der Waals surface area contributed by atoms with Crippen LogP contribution in [0.1, 0.15) is 25.8 Å². The molecular formula is C11H18N2O. The summed E-state index contributed by atoms with van der Waals surface area (Å²) in [6.07, 6.45) is 2.73. The zero-order valence-corrected chi connectivity index (χ0v) is 9.08. The third-order valence-corrected chi connectivity index (χ3v) is 2.49. The van der Waals surface area contributed by atoms with Crippen LogP contribution in [-0.2, 0) is 5.41 Å². The molecule has 14 heavy (non-hydrogen) atoms. The van der Waals surface area contributed by atoms with E-state index in [0.717, 1.165) is 6.42 Å². The van der Waals surface area contributed by atoms with Gasteiger partial charge in [0.05, 0.1) is 7.11 Å². The number of aromatic nitrogens is 1. The second-order valence-electron chi connectivity index (χ2n) is 4.01. The number of nitrogens with two attached hydrogens (primary N) is 1. The van der Waals surface area contributed by atoms with E-state index in [1.165, 1.54) is 5.56 Å². The second kappa shape index (κ2) is 4.42. The van der Waals surface area contributed by atoms with Crippen LogP contribution in [-0.4, -0.2) is 18.6 Å². The Kier molecular flexibility index (Phi) is 3.47. The lowest BCUT2D eigenvalue weighted by atomic mass is 9.82. The third kappa shape index (κ3) is 2.45. The van der Waals surface area contributed by atoms with Crippen LogP contribution in [0.3, 0.4) is 0 Å². The Morgan fingerprint density at radius 2 is 2.21 bits per heavy atom. The van der Waals surface area contributed by atoms with Gasteiger partial charge in [-0.1, -0.05) is 13.8 Å². The van der Waals surface area contributed by atoms with Gasteiger partial charge in [-0.15, -0.1) is 0 Å². The quantitative estimate of drug-likeness (QED) is 0.793. The first-order valence-electron chi connectivity index (χ1n) is 4.81. The highest BCUT2D eigenvalue weighted by molar-refractivity contribution is 5.27. The maximum absolute atomic E-state index is 5.58. The normalized spacial score (nSPS) is 11.4. The molecule has 0 aliphatic heterocycles. The highest BCUT2D eigenvalue weighted by atomic mass is 16.5. The maximum atomic E-state index is 5.58. The molecule has 0 saturated carbocycles. The topological polar surface area (TPSA) is 48.1 Å². The minimum Gasteiger partial charge on any atom is -0.481 e. The predicted molar refractivity (Wildman–Crippen MR) is 57.5 cm³/mol. The standard InChI is InChI=1S/C11H18N2O/c1-11(2,5-6-12)9-4-7-13-10(8-9)14-3/h4,7-8H,5-6,12H2,1-3H3. The molecule has 2 N–H and O–H groups in total. The minimum atomic E-state index is 0.0883. The molecule has 3 nitrogen and oxygen atoms in total. The highest BCUT2D eigenvalue weighted by Crippen LogP contribution is 2.27. The molecule has 1 aromatic heterocycles. The maximum Gasteiger partial charge on any atom is 0.213 e. The molecule has 1 aromatic rings. The van der Waals surface area contributed by atoms with Crippen LogP contribution in [0.15, 0.2) is 18.3 Å². The smallest absolute Gasteiger partial charge is 0.213 e. The Bertz CT molecular complexity index is 297. The first kappa shape index (κ1) is 11.0. The van der Waals surface area contributed by atoms with E-state index in [4.69, 9.17) is 10.5 Å². The molecule has 0 aromatic carbocycles. The summed E-state index contributed by atoms with van der Waals surface area (Å²) in [7, 11) is 1.63. The van der Waals surface area contributed by atoms with Crippen molar-refractivity contribution in [3.63, 3.8) is 0 Å². The molecule has 0 aliphatic carbocycles. The van der Waals surface area contributed by atoms with Gasteiger partial charge in [-0.3, -0.25) is 0 Å². The van der Waals surface area contributed by atoms with Crippen LogP contribution in [0, 0.1) is 0 Å². The Balaban J connectivity index is 2.93. The lowest BCUT2D eigenvalue weighted by Crippen LogP contribution is -2.21. The van der Waals surface area contributed by atoms with Crippen LogP contribution in [0.2, 0.25) is 0 Å². The van der Waals surface area contributed by atoms with Gasteiger partial charge in [-0.25, -0.2) is 4.98 Å². The van der Waals surface area contributed by atoms with E-state index in [9.17, 15) is 0 Å². The van der Waals surface area contributed by atoms with Gasteiger partial charge in [0, 0.05) is 12.3 Å². The van der Waals surface area contributed by atoms with E-state index in [0.29, 0.717) is 12.4 Å². The average Bonchev–Trinajstić information content (AvgIpc) is 2.18. The molecule has 0 atom stereocenters. The fourth-order valence-corrected chi connectivity index (χ4v) is 1.45. The molecule has 0 unspecified atom stereocenters. The largest absolute Gasteiger partial charge is 0.481 e. The van der Waals surface area contributed by atoms with E-state index in [1.54, 1.807) is 13.3 Å². The first-order valence-corrected chi connectivity index (χ1v) is 4.81. The Hall–Kier alpha value is -1.09. The van der Waals surface area contributed by atoms with Crippen molar-refractivity contribution in [2.24, 2.45) is 5.73 Å².